The lowest BCUT2D eigenvalue weighted by atomic mass is 9.94. The highest BCUT2D eigenvalue weighted by atomic mass is 19.2. The maximum absolute atomic E-state index is 14.0. The van der Waals surface area contributed by atoms with E-state index in [1.54, 1.807) is 43.3 Å². The van der Waals surface area contributed by atoms with Gasteiger partial charge in [-0.3, -0.25) is 14.5 Å². The number of ether oxygens (including phenoxy) is 1. The average Bonchev–Trinajstić information content (AvgIpc) is 3.07. The summed E-state index contributed by atoms with van der Waals surface area (Å²) in [6.07, 6.45) is 0. The maximum atomic E-state index is 14.0. The van der Waals surface area contributed by atoms with E-state index in [9.17, 15) is 23.5 Å². The standard InChI is InChI=1S/C27H23F2NO4/c1-4-34-22-11-8-18(13-16(22)3)25(31)23-24(17-7-5-6-15(2)12-17)30(27(33)26(23)32)19-9-10-20(28)21(29)14-19/h5-14,24,31H,4H2,1-3H3/b25-23+. The number of hydrogen-bond acceptors (Lipinski definition) is 4. The van der Waals surface area contributed by atoms with Crippen molar-refractivity contribution in [1.29, 1.82) is 0 Å². The Labute approximate surface area is 195 Å². The van der Waals surface area contributed by atoms with Crippen LogP contribution in [0.2, 0.25) is 0 Å². The number of anilines is 1. The van der Waals surface area contributed by atoms with Crippen LogP contribution < -0.4 is 9.64 Å². The van der Waals surface area contributed by atoms with Gasteiger partial charge in [-0.15, -0.1) is 0 Å². The first kappa shape index (κ1) is 23.2. The van der Waals surface area contributed by atoms with Crippen molar-refractivity contribution in [2.45, 2.75) is 26.8 Å². The number of aryl methyl sites for hydroxylation is 2. The van der Waals surface area contributed by atoms with E-state index in [0.717, 1.165) is 28.2 Å². The molecule has 0 aliphatic carbocycles. The van der Waals surface area contributed by atoms with Gasteiger partial charge in [0.25, 0.3) is 11.7 Å². The predicted molar refractivity (Wildman–Crippen MR) is 125 cm³/mol. The summed E-state index contributed by atoms with van der Waals surface area (Å²) in [5, 5.41) is 11.2. The molecule has 3 aromatic rings. The molecule has 1 fully saturated rings. The summed E-state index contributed by atoms with van der Waals surface area (Å²) in [6, 6.07) is 14.0. The zero-order chi connectivity index (χ0) is 24.6. The van der Waals surface area contributed by atoms with Crippen LogP contribution in [0.25, 0.3) is 5.76 Å². The predicted octanol–water partition coefficient (Wildman–Crippen LogP) is 5.61. The van der Waals surface area contributed by atoms with E-state index in [1.165, 1.54) is 6.07 Å². The SMILES string of the molecule is CCOc1ccc(/C(O)=C2\C(=O)C(=O)N(c3ccc(F)c(F)c3)C2c2cccc(C)c2)cc1C. The van der Waals surface area contributed by atoms with Crippen LogP contribution in [0.1, 0.15) is 35.2 Å². The molecule has 174 valence electrons. The maximum Gasteiger partial charge on any atom is 0.300 e. The highest BCUT2D eigenvalue weighted by Gasteiger charge is 2.47. The van der Waals surface area contributed by atoms with Crippen LogP contribution in [0.3, 0.4) is 0 Å². The fourth-order valence-electron chi connectivity index (χ4n) is 4.16. The van der Waals surface area contributed by atoms with E-state index < -0.39 is 29.4 Å². The van der Waals surface area contributed by atoms with Crippen LogP contribution in [0, 0.1) is 25.5 Å². The lowest BCUT2D eigenvalue weighted by molar-refractivity contribution is -0.132. The minimum atomic E-state index is -1.15. The molecular formula is C27H23F2NO4. The molecule has 1 heterocycles. The lowest BCUT2D eigenvalue weighted by Crippen LogP contribution is -2.29. The number of ketones is 1. The largest absolute Gasteiger partial charge is 0.507 e. The van der Waals surface area contributed by atoms with Crippen LogP contribution in [-0.2, 0) is 9.59 Å². The molecule has 0 spiro atoms. The van der Waals surface area contributed by atoms with Gasteiger partial charge in [-0.1, -0.05) is 29.8 Å². The number of aliphatic hydroxyl groups is 1. The van der Waals surface area contributed by atoms with E-state index in [-0.39, 0.29) is 17.0 Å². The second-order valence-electron chi connectivity index (χ2n) is 8.09. The second-order valence-corrected chi connectivity index (χ2v) is 8.09. The van der Waals surface area contributed by atoms with Crippen molar-refractivity contribution in [1.82, 2.24) is 0 Å². The minimum absolute atomic E-state index is 0.00873. The molecule has 1 N–H and O–H groups in total. The Morgan fingerprint density at radius 3 is 2.41 bits per heavy atom. The molecule has 4 rings (SSSR count). The number of aliphatic hydroxyl groups excluding tert-OH is 1. The van der Waals surface area contributed by atoms with Crippen LogP contribution in [0.4, 0.5) is 14.5 Å². The van der Waals surface area contributed by atoms with Crippen molar-refractivity contribution in [2.24, 2.45) is 0 Å². The van der Waals surface area contributed by atoms with Crippen molar-refractivity contribution in [3.63, 3.8) is 0 Å². The summed E-state index contributed by atoms with van der Waals surface area (Å²) in [6.45, 7) is 5.98. The van der Waals surface area contributed by atoms with Crippen LogP contribution >= 0.6 is 0 Å². The fourth-order valence-corrected chi connectivity index (χ4v) is 4.16. The third-order valence-electron chi connectivity index (χ3n) is 5.73. The third-order valence-corrected chi connectivity index (χ3v) is 5.73. The zero-order valence-corrected chi connectivity index (χ0v) is 18.9. The first-order valence-corrected chi connectivity index (χ1v) is 10.8. The Balaban J connectivity index is 1.93. The number of rotatable bonds is 5. The van der Waals surface area contributed by atoms with Gasteiger partial charge in [0.1, 0.15) is 11.5 Å². The van der Waals surface area contributed by atoms with Gasteiger partial charge < -0.3 is 9.84 Å². The van der Waals surface area contributed by atoms with Crippen molar-refractivity contribution in [3.8, 4) is 5.75 Å². The van der Waals surface area contributed by atoms with E-state index in [1.807, 2.05) is 19.9 Å². The number of carbonyl (C=O) groups excluding carboxylic acids is 2. The Morgan fingerprint density at radius 2 is 1.76 bits per heavy atom. The summed E-state index contributed by atoms with van der Waals surface area (Å²) in [5.41, 5.74) is 2.37. The smallest absolute Gasteiger partial charge is 0.300 e. The molecule has 7 heteroatoms. The first-order valence-electron chi connectivity index (χ1n) is 10.8. The van der Waals surface area contributed by atoms with Gasteiger partial charge in [-0.25, -0.2) is 8.78 Å². The van der Waals surface area contributed by atoms with Crippen molar-refractivity contribution in [3.05, 3.63) is 100 Å². The van der Waals surface area contributed by atoms with Gasteiger partial charge in [0, 0.05) is 17.3 Å². The molecule has 5 nitrogen and oxygen atoms in total. The summed E-state index contributed by atoms with van der Waals surface area (Å²) >= 11 is 0. The summed E-state index contributed by atoms with van der Waals surface area (Å²) < 4.78 is 33.2. The molecule has 0 bridgehead atoms. The summed E-state index contributed by atoms with van der Waals surface area (Å²) in [7, 11) is 0. The molecule has 1 aliphatic rings. The van der Waals surface area contributed by atoms with Crippen molar-refractivity contribution < 1.29 is 28.2 Å². The Morgan fingerprint density at radius 1 is 1.00 bits per heavy atom. The Bertz CT molecular complexity index is 1330. The average molecular weight is 463 g/mol. The topological polar surface area (TPSA) is 66.8 Å². The van der Waals surface area contributed by atoms with Gasteiger partial charge in [-0.2, -0.15) is 0 Å². The van der Waals surface area contributed by atoms with Gasteiger partial charge >= 0.3 is 0 Å². The number of amides is 1. The number of benzene rings is 3. The Hall–Kier alpha value is -4.00. The van der Waals surface area contributed by atoms with E-state index in [4.69, 9.17) is 4.74 Å². The molecule has 1 saturated heterocycles. The lowest BCUT2D eigenvalue weighted by Gasteiger charge is -2.26. The van der Waals surface area contributed by atoms with E-state index in [2.05, 4.69) is 0 Å². The summed E-state index contributed by atoms with van der Waals surface area (Å²) in [5.74, 6) is -3.80. The number of halogens is 2. The van der Waals surface area contributed by atoms with E-state index >= 15 is 0 Å². The first-order chi connectivity index (χ1) is 16.2. The normalized spacial score (nSPS) is 17.3. The monoisotopic (exact) mass is 463 g/mol. The molecule has 1 atom stereocenters. The van der Waals surface area contributed by atoms with Gasteiger partial charge in [0.05, 0.1) is 18.2 Å². The van der Waals surface area contributed by atoms with Gasteiger partial charge in [-0.05, 0) is 62.2 Å². The molecule has 0 radical (unpaired) electrons. The van der Waals surface area contributed by atoms with Gasteiger partial charge in [0.2, 0.25) is 0 Å². The van der Waals surface area contributed by atoms with Gasteiger partial charge in [0.15, 0.2) is 11.6 Å². The molecule has 34 heavy (non-hydrogen) atoms. The molecule has 0 saturated carbocycles. The van der Waals surface area contributed by atoms with E-state index in [0.29, 0.717) is 23.5 Å². The quantitative estimate of drug-likeness (QED) is 0.304. The third kappa shape index (κ3) is 4.05. The van der Waals surface area contributed by atoms with Crippen LogP contribution in [0.15, 0.2) is 66.2 Å². The second kappa shape index (κ2) is 9.09. The molecule has 1 unspecified atom stereocenters. The van der Waals surface area contributed by atoms with Crippen molar-refractivity contribution in [2.75, 3.05) is 11.5 Å². The fraction of sp³-hybridized carbons (Fsp3) is 0.185. The number of carbonyl (C=O) groups is 2. The summed E-state index contributed by atoms with van der Waals surface area (Å²) in [4.78, 5) is 27.4. The van der Waals surface area contributed by atoms with Crippen molar-refractivity contribution >= 4 is 23.1 Å². The molecule has 3 aromatic carbocycles. The number of Topliss-reactive ketones (excluding diaryl/α,β-unsaturated/α-hetero) is 1. The molecular weight excluding hydrogens is 440 g/mol. The molecule has 1 amide bonds. The highest BCUT2D eigenvalue weighted by Crippen LogP contribution is 2.42. The van der Waals surface area contributed by atoms with Crippen LogP contribution in [-0.4, -0.2) is 23.4 Å². The van der Waals surface area contributed by atoms with Crippen LogP contribution in [0.5, 0.6) is 5.75 Å². The number of hydrogen-bond donors (Lipinski definition) is 1. The highest BCUT2D eigenvalue weighted by molar-refractivity contribution is 6.51. The minimum Gasteiger partial charge on any atom is -0.507 e. The molecule has 1 aliphatic heterocycles. The Kier molecular flexibility index (Phi) is 6.20. The zero-order valence-electron chi connectivity index (χ0n) is 18.9. The number of nitrogens with zero attached hydrogens (tertiary/aromatic N) is 1. The molecule has 0 aromatic heterocycles.